The molecule has 2 N–H and O–H groups in total. The van der Waals surface area contributed by atoms with Crippen LogP contribution in [0.4, 0.5) is 0 Å². The summed E-state index contributed by atoms with van der Waals surface area (Å²) in [5.74, 6) is 0.579. The fourth-order valence-corrected chi connectivity index (χ4v) is 3.28. The number of aryl methyl sites for hydroxylation is 1. The largest absolute Gasteiger partial charge is 0.497 e. The lowest BCUT2D eigenvalue weighted by Crippen LogP contribution is -2.42. The third kappa shape index (κ3) is 4.09. The summed E-state index contributed by atoms with van der Waals surface area (Å²) < 4.78 is 5.26. The summed E-state index contributed by atoms with van der Waals surface area (Å²) in [6.45, 7) is 0.199. The molecule has 0 aliphatic heterocycles. The number of aliphatic hydroxyl groups is 1. The highest BCUT2D eigenvalue weighted by atomic mass is 16.5. The zero-order valence-corrected chi connectivity index (χ0v) is 14.4. The lowest BCUT2D eigenvalue weighted by molar-refractivity contribution is -0.118. The predicted octanol–water partition coefficient (Wildman–Crippen LogP) is 3.05. The van der Waals surface area contributed by atoms with Crippen LogP contribution in [-0.4, -0.2) is 24.7 Å². The minimum Gasteiger partial charge on any atom is -0.497 e. The van der Waals surface area contributed by atoms with E-state index < -0.39 is 5.60 Å². The van der Waals surface area contributed by atoms with Gasteiger partial charge in [-0.3, -0.25) is 4.79 Å². The molecule has 1 aliphatic carbocycles. The smallest absolute Gasteiger partial charge is 0.244 e. The Kier molecular flexibility index (Phi) is 5.19. The van der Waals surface area contributed by atoms with E-state index in [1.54, 1.807) is 13.2 Å². The SMILES string of the molecule is COc1ccc2c(c1)CCC[C@]2(O)CNC(=O)/C=C/c1ccccc1. The van der Waals surface area contributed by atoms with Crippen molar-refractivity contribution in [1.82, 2.24) is 5.32 Å². The monoisotopic (exact) mass is 337 g/mol. The van der Waals surface area contributed by atoms with Gasteiger partial charge in [0.15, 0.2) is 0 Å². The molecule has 0 bridgehead atoms. The van der Waals surface area contributed by atoms with E-state index in [0.717, 1.165) is 35.3 Å². The average Bonchev–Trinajstić information content (AvgIpc) is 2.65. The molecule has 2 aromatic carbocycles. The maximum atomic E-state index is 12.1. The van der Waals surface area contributed by atoms with Gasteiger partial charge in [-0.2, -0.15) is 0 Å². The number of benzene rings is 2. The molecule has 0 aromatic heterocycles. The van der Waals surface area contributed by atoms with Gasteiger partial charge >= 0.3 is 0 Å². The fourth-order valence-electron chi connectivity index (χ4n) is 3.28. The normalized spacial score (nSPS) is 19.4. The van der Waals surface area contributed by atoms with Crippen LogP contribution < -0.4 is 10.1 Å². The molecule has 2 aromatic rings. The van der Waals surface area contributed by atoms with Crippen LogP contribution in [0.1, 0.15) is 29.5 Å². The molecule has 4 nitrogen and oxygen atoms in total. The first kappa shape index (κ1) is 17.2. The van der Waals surface area contributed by atoms with E-state index in [0.29, 0.717) is 6.42 Å². The average molecular weight is 337 g/mol. The molecule has 0 saturated heterocycles. The molecular formula is C21H23NO3. The van der Waals surface area contributed by atoms with E-state index in [1.165, 1.54) is 6.08 Å². The van der Waals surface area contributed by atoms with Gasteiger partial charge < -0.3 is 15.2 Å². The Balaban J connectivity index is 1.67. The van der Waals surface area contributed by atoms with Crippen LogP contribution in [0, 0.1) is 0 Å². The second kappa shape index (κ2) is 7.53. The maximum Gasteiger partial charge on any atom is 0.244 e. The van der Waals surface area contributed by atoms with Crippen molar-refractivity contribution in [2.45, 2.75) is 24.9 Å². The number of fused-ring (bicyclic) bond motifs is 1. The third-order valence-corrected chi connectivity index (χ3v) is 4.63. The van der Waals surface area contributed by atoms with E-state index >= 15 is 0 Å². The van der Waals surface area contributed by atoms with E-state index in [4.69, 9.17) is 4.74 Å². The lowest BCUT2D eigenvalue weighted by atomic mass is 9.79. The highest BCUT2D eigenvalue weighted by Crippen LogP contribution is 2.36. The summed E-state index contributed by atoms with van der Waals surface area (Å²) >= 11 is 0. The van der Waals surface area contributed by atoms with Crippen molar-refractivity contribution < 1.29 is 14.6 Å². The Labute approximate surface area is 148 Å². The minimum atomic E-state index is -1.03. The molecule has 0 fully saturated rings. The molecule has 1 amide bonds. The summed E-state index contributed by atoms with van der Waals surface area (Å²) in [5.41, 5.74) is 1.90. The van der Waals surface area contributed by atoms with Crippen LogP contribution in [0.3, 0.4) is 0 Å². The van der Waals surface area contributed by atoms with Gasteiger partial charge in [-0.15, -0.1) is 0 Å². The maximum absolute atomic E-state index is 12.1. The van der Waals surface area contributed by atoms with Crippen molar-refractivity contribution >= 4 is 12.0 Å². The topological polar surface area (TPSA) is 58.6 Å². The quantitative estimate of drug-likeness (QED) is 0.825. The van der Waals surface area contributed by atoms with Gasteiger partial charge in [0.1, 0.15) is 11.4 Å². The molecule has 0 spiro atoms. The highest BCUT2D eigenvalue weighted by Gasteiger charge is 2.34. The van der Waals surface area contributed by atoms with Gasteiger partial charge in [0, 0.05) is 6.08 Å². The molecule has 25 heavy (non-hydrogen) atoms. The van der Waals surface area contributed by atoms with Gasteiger partial charge in [0.2, 0.25) is 5.91 Å². The van der Waals surface area contributed by atoms with Crippen LogP contribution >= 0.6 is 0 Å². The van der Waals surface area contributed by atoms with Gasteiger partial charge in [-0.25, -0.2) is 0 Å². The molecule has 0 heterocycles. The Bertz CT molecular complexity index is 770. The fraction of sp³-hybridized carbons (Fsp3) is 0.286. The number of rotatable bonds is 5. The van der Waals surface area contributed by atoms with Crippen molar-refractivity contribution in [3.63, 3.8) is 0 Å². The minimum absolute atomic E-state index is 0.199. The molecule has 3 rings (SSSR count). The first-order valence-electron chi connectivity index (χ1n) is 8.51. The Morgan fingerprint density at radius 1 is 1.28 bits per heavy atom. The second-order valence-electron chi connectivity index (χ2n) is 6.37. The molecule has 130 valence electrons. The molecule has 0 radical (unpaired) electrons. The van der Waals surface area contributed by atoms with Crippen molar-refractivity contribution in [2.75, 3.05) is 13.7 Å². The molecule has 1 atom stereocenters. The number of ether oxygens (including phenoxy) is 1. The van der Waals surface area contributed by atoms with Crippen molar-refractivity contribution in [3.8, 4) is 5.75 Å². The highest BCUT2D eigenvalue weighted by molar-refractivity contribution is 5.91. The van der Waals surface area contributed by atoms with Gasteiger partial charge in [0.05, 0.1) is 13.7 Å². The number of nitrogens with one attached hydrogen (secondary N) is 1. The van der Waals surface area contributed by atoms with Gasteiger partial charge in [-0.05, 0) is 54.2 Å². The van der Waals surface area contributed by atoms with Crippen molar-refractivity contribution in [1.29, 1.82) is 0 Å². The number of amides is 1. The zero-order valence-electron chi connectivity index (χ0n) is 14.4. The molecule has 0 unspecified atom stereocenters. The molecule has 1 aliphatic rings. The van der Waals surface area contributed by atoms with Crippen LogP contribution in [0.2, 0.25) is 0 Å². The van der Waals surface area contributed by atoms with Crippen LogP contribution in [0.5, 0.6) is 5.75 Å². The molecular weight excluding hydrogens is 314 g/mol. The van der Waals surface area contributed by atoms with Crippen LogP contribution in [0.15, 0.2) is 54.6 Å². The first-order valence-corrected chi connectivity index (χ1v) is 8.51. The number of methoxy groups -OCH3 is 1. The number of carbonyl (C=O) groups is 1. The first-order chi connectivity index (χ1) is 12.1. The van der Waals surface area contributed by atoms with Gasteiger partial charge in [0.25, 0.3) is 0 Å². The number of carbonyl (C=O) groups excluding carboxylic acids is 1. The van der Waals surface area contributed by atoms with Crippen LogP contribution in [0.25, 0.3) is 6.08 Å². The predicted molar refractivity (Wildman–Crippen MR) is 98.3 cm³/mol. The Morgan fingerprint density at radius 2 is 2.08 bits per heavy atom. The van der Waals surface area contributed by atoms with Crippen LogP contribution in [-0.2, 0) is 16.8 Å². The Morgan fingerprint density at radius 3 is 2.84 bits per heavy atom. The molecule has 4 heteroatoms. The van der Waals surface area contributed by atoms with E-state index in [2.05, 4.69) is 5.32 Å². The summed E-state index contributed by atoms with van der Waals surface area (Å²) in [6, 6.07) is 15.4. The van der Waals surface area contributed by atoms with Crippen molar-refractivity contribution in [3.05, 3.63) is 71.3 Å². The standard InChI is InChI=1S/C21H23NO3/c1-25-18-10-11-19-17(14-18)8-5-13-21(19,24)15-22-20(23)12-9-16-6-3-2-4-7-16/h2-4,6-7,9-12,14,24H,5,8,13,15H2,1H3,(H,22,23)/b12-9+/t21-/m0/s1. The summed E-state index contributed by atoms with van der Waals surface area (Å²) in [7, 11) is 1.63. The van der Waals surface area contributed by atoms with E-state index in [9.17, 15) is 9.90 Å². The number of hydrogen-bond acceptors (Lipinski definition) is 3. The molecule has 0 saturated carbocycles. The van der Waals surface area contributed by atoms with Crippen molar-refractivity contribution in [2.24, 2.45) is 0 Å². The summed E-state index contributed by atoms with van der Waals surface area (Å²) in [5, 5.41) is 13.9. The van der Waals surface area contributed by atoms with E-state index in [-0.39, 0.29) is 12.5 Å². The Hall–Kier alpha value is -2.59. The number of hydrogen-bond donors (Lipinski definition) is 2. The third-order valence-electron chi connectivity index (χ3n) is 4.63. The zero-order chi connectivity index (χ0) is 17.7. The summed E-state index contributed by atoms with van der Waals surface area (Å²) in [4.78, 5) is 12.1. The second-order valence-corrected chi connectivity index (χ2v) is 6.37. The summed E-state index contributed by atoms with van der Waals surface area (Å²) in [6.07, 6.45) is 5.69. The van der Waals surface area contributed by atoms with E-state index in [1.807, 2.05) is 48.5 Å². The van der Waals surface area contributed by atoms with Gasteiger partial charge in [-0.1, -0.05) is 36.4 Å². The lowest BCUT2D eigenvalue weighted by Gasteiger charge is -2.34.